The number of pyridine rings is 1. The third-order valence-corrected chi connectivity index (χ3v) is 6.71. The van der Waals surface area contributed by atoms with E-state index >= 15 is 0 Å². The van der Waals surface area contributed by atoms with Crippen molar-refractivity contribution < 1.29 is 9.53 Å². The number of aromatic nitrogens is 3. The van der Waals surface area contributed by atoms with Crippen molar-refractivity contribution in [2.45, 2.75) is 26.9 Å². The van der Waals surface area contributed by atoms with Crippen LogP contribution in [0, 0.1) is 13.8 Å². The molecule has 0 radical (unpaired) electrons. The second kappa shape index (κ2) is 9.88. The topological polar surface area (TPSA) is 63.5 Å². The van der Waals surface area contributed by atoms with Crippen molar-refractivity contribution in [1.82, 2.24) is 24.6 Å². The van der Waals surface area contributed by atoms with Crippen LogP contribution in [-0.4, -0.2) is 63.8 Å². The fourth-order valence-electron chi connectivity index (χ4n) is 4.86. The van der Waals surface area contributed by atoms with Crippen LogP contribution in [0.25, 0.3) is 22.2 Å². The van der Waals surface area contributed by atoms with Crippen molar-refractivity contribution in [3.05, 3.63) is 77.6 Å². The molecule has 35 heavy (non-hydrogen) atoms. The Bertz CT molecular complexity index is 1340. The predicted molar refractivity (Wildman–Crippen MR) is 137 cm³/mol. The summed E-state index contributed by atoms with van der Waals surface area (Å²) >= 11 is 0. The van der Waals surface area contributed by atoms with E-state index in [1.807, 2.05) is 42.2 Å². The van der Waals surface area contributed by atoms with Gasteiger partial charge in [-0.25, -0.2) is 9.67 Å². The summed E-state index contributed by atoms with van der Waals surface area (Å²) in [5.41, 5.74) is 6.33. The van der Waals surface area contributed by atoms with Gasteiger partial charge in [0.15, 0.2) is 5.65 Å². The summed E-state index contributed by atoms with van der Waals surface area (Å²) in [6.45, 7) is 8.42. The highest BCUT2D eigenvalue weighted by atomic mass is 16.5. The number of fused-ring (bicyclic) bond motifs is 1. The van der Waals surface area contributed by atoms with Gasteiger partial charge in [0.1, 0.15) is 12.3 Å². The Kier molecular flexibility index (Phi) is 6.51. The molecule has 2 aromatic heterocycles. The van der Waals surface area contributed by atoms with Gasteiger partial charge in [0.05, 0.1) is 12.8 Å². The van der Waals surface area contributed by atoms with Gasteiger partial charge >= 0.3 is 0 Å². The van der Waals surface area contributed by atoms with Gasteiger partial charge in [0.25, 0.3) is 0 Å². The van der Waals surface area contributed by atoms with E-state index in [-0.39, 0.29) is 12.5 Å². The number of hydrogen-bond donors (Lipinski definition) is 0. The molecule has 5 rings (SSSR count). The lowest BCUT2D eigenvalue weighted by atomic mass is 10.0. The van der Waals surface area contributed by atoms with Crippen molar-refractivity contribution in [2.75, 3.05) is 33.3 Å². The molecule has 0 bridgehead atoms. The second-order valence-corrected chi connectivity index (χ2v) is 9.17. The molecule has 0 saturated carbocycles. The minimum absolute atomic E-state index is 0.0845. The number of benzene rings is 2. The Morgan fingerprint density at radius 2 is 1.77 bits per heavy atom. The first kappa shape index (κ1) is 23.1. The molecule has 2 aromatic carbocycles. The summed E-state index contributed by atoms with van der Waals surface area (Å²) in [7, 11) is 1.66. The number of aryl methyl sites for hydroxylation is 2. The first-order chi connectivity index (χ1) is 17.0. The molecule has 7 nitrogen and oxygen atoms in total. The minimum Gasteiger partial charge on any atom is -0.497 e. The lowest BCUT2D eigenvalue weighted by molar-refractivity contribution is -0.133. The average Bonchev–Trinajstić information content (AvgIpc) is 3.19. The van der Waals surface area contributed by atoms with Gasteiger partial charge in [-0.2, -0.15) is 5.10 Å². The quantitative estimate of drug-likeness (QED) is 0.426. The fraction of sp³-hybridized carbons (Fsp3) is 0.321. The van der Waals surface area contributed by atoms with Crippen LogP contribution in [0.5, 0.6) is 5.75 Å². The summed E-state index contributed by atoms with van der Waals surface area (Å²) in [5, 5.41) is 5.68. The van der Waals surface area contributed by atoms with Crippen LogP contribution < -0.4 is 4.74 Å². The molecule has 1 aliphatic rings. The zero-order chi connectivity index (χ0) is 24.4. The molecule has 4 aromatic rings. The molecule has 7 heteroatoms. The van der Waals surface area contributed by atoms with Crippen LogP contribution in [0.2, 0.25) is 0 Å². The predicted octanol–water partition coefficient (Wildman–Crippen LogP) is 4.07. The highest BCUT2D eigenvalue weighted by Gasteiger charge is 2.23. The molecule has 180 valence electrons. The standard InChI is InChI=1S/C28H31N5O2/c1-20-5-4-6-22(17-20)18-31-13-15-32(16-14-31)26(34)19-33-28-27(21(2)30-33)25(11-12-29-28)23-7-9-24(35-3)10-8-23/h4-12,17H,13-16,18-19H2,1-3H3. The van der Waals surface area contributed by atoms with Gasteiger partial charge in [-0.15, -0.1) is 0 Å². The van der Waals surface area contributed by atoms with E-state index in [2.05, 4.69) is 41.1 Å². The van der Waals surface area contributed by atoms with Crippen molar-refractivity contribution in [2.24, 2.45) is 0 Å². The minimum atomic E-state index is 0.0845. The lowest BCUT2D eigenvalue weighted by Gasteiger charge is -2.34. The largest absolute Gasteiger partial charge is 0.497 e. The van der Waals surface area contributed by atoms with Gasteiger partial charge in [-0.05, 0) is 48.7 Å². The van der Waals surface area contributed by atoms with Crippen LogP contribution >= 0.6 is 0 Å². The van der Waals surface area contributed by atoms with Crippen molar-refractivity contribution in [3.63, 3.8) is 0 Å². The molecule has 1 saturated heterocycles. The smallest absolute Gasteiger partial charge is 0.244 e. The highest BCUT2D eigenvalue weighted by Crippen LogP contribution is 2.31. The van der Waals surface area contributed by atoms with E-state index in [1.165, 1.54) is 11.1 Å². The fourth-order valence-corrected chi connectivity index (χ4v) is 4.86. The molecular formula is C28H31N5O2. The van der Waals surface area contributed by atoms with Crippen LogP contribution in [0.3, 0.4) is 0 Å². The van der Waals surface area contributed by atoms with E-state index in [0.717, 1.165) is 66.3 Å². The summed E-state index contributed by atoms with van der Waals surface area (Å²) < 4.78 is 7.04. The van der Waals surface area contributed by atoms with E-state index in [9.17, 15) is 4.79 Å². The van der Waals surface area contributed by atoms with Crippen LogP contribution in [0.15, 0.2) is 60.8 Å². The third-order valence-electron chi connectivity index (χ3n) is 6.71. The van der Waals surface area contributed by atoms with E-state index in [4.69, 9.17) is 9.84 Å². The van der Waals surface area contributed by atoms with E-state index < -0.39 is 0 Å². The Labute approximate surface area is 205 Å². The van der Waals surface area contributed by atoms with Crippen molar-refractivity contribution in [3.8, 4) is 16.9 Å². The molecule has 1 aliphatic heterocycles. The van der Waals surface area contributed by atoms with Crippen molar-refractivity contribution >= 4 is 16.9 Å². The zero-order valence-electron chi connectivity index (χ0n) is 20.6. The van der Waals surface area contributed by atoms with Gasteiger partial charge in [0.2, 0.25) is 5.91 Å². The van der Waals surface area contributed by atoms with Crippen molar-refractivity contribution in [1.29, 1.82) is 0 Å². The molecule has 3 heterocycles. The van der Waals surface area contributed by atoms with Gasteiger partial charge < -0.3 is 9.64 Å². The maximum atomic E-state index is 13.2. The molecule has 0 unspecified atom stereocenters. The van der Waals surface area contributed by atoms with E-state index in [1.54, 1.807) is 18.0 Å². The average molecular weight is 470 g/mol. The molecule has 1 fully saturated rings. The molecule has 0 spiro atoms. The molecule has 1 amide bonds. The molecule has 0 atom stereocenters. The molecule has 0 N–H and O–H groups in total. The SMILES string of the molecule is COc1ccc(-c2ccnc3c2c(C)nn3CC(=O)N2CCN(Cc3cccc(C)c3)CC2)cc1. The Morgan fingerprint density at radius 1 is 1.00 bits per heavy atom. The number of hydrogen-bond acceptors (Lipinski definition) is 5. The Hall–Kier alpha value is -3.71. The van der Waals surface area contributed by atoms with Crippen LogP contribution in [0.1, 0.15) is 16.8 Å². The third kappa shape index (κ3) is 4.91. The maximum Gasteiger partial charge on any atom is 0.244 e. The number of methoxy groups -OCH3 is 1. The second-order valence-electron chi connectivity index (χ2n) is 9.17. The molecular weight excluding hydrogens is 438 g/mol. The first-order valence-corrected chi connectivity index (χ1v) is 12.0. The number of rotatable bonds is 6. The number of piperazine rings is 1. The van der Waals surface area contributed by atoms with Gasteiger partial charge in [-0.1, -0.05) is 42.0 Å². The first-order valence-electron chi connectivity index (χ1n) is 12.0. The number of nitrogens with zero attached hydrogens (tertiary/aromatic N) is 5. The summed E-state index contributed by atoms with van der Waals surface area (Å²) in [5.74, 6) is 0.900. The maximum absolute atomic E-state index is 13.2. The van der Waals surface area contributed by atoms with Gasteiger partial charge in [-0.3, -0.25) is 9.69 Å². The summed E-state index contributed by atoms with van der Waals surface area (Å²) in [6.07, 6.45) is 1.79. The normalized spacial score (nSPS) is 14.4. The number of carbonyl (C=O) groups is 1. The van der Waals surface area contributed by atoms with E-state index in [0.29, 0.717) is 0 Å². The van der Waals surface area contributed by atoms with Gasteiger partial charge in [0, 0.05) is 44.3 Å². The number of carbonyl (C=O) groups excluding carboxylic acids is 1. The number of amides is 1. The van der Waals surface area contributed by atoms with Crippen LogP contribution in [-0.2, 0) is 17.9 Å². The molecule has 0 aliphatic carbocycles. The Morgan fingerprint density at radius 3 is 2.49 bits per heavy atom. The lowest BCUT2D eigenvalue weighted by Crippen LogP contribution is -2.49. The Balaban J connectivity index is 1.28. The monoisotopic (exact) mass is 469 g/mol. The summed E-state index contributed by atoms with van der Waals surface area (Å²) in [4.78, 5) is 22.1. The van der Waals surface area contributed by atoms with Crippen LogP contribution in [0.4, 0.5) is 0 Å². The summed E-state index contributed by atoms with van der Waals surface area (Å²) in [6, 6.07) is 18.6. The zero-order valence-corrected chi connectivity index (χ0v) is 20.6. The number of ether oxygens (including phenoxy) is 1. The highest BCUT2D eigenvalue weighted by molar-refractivity contribution is 5.95.